The topological polar surface area (TPSA) is 29.1 Å². The summed E-state index contributed by atoms with van der Waals surface area (Å²) < 4.78 is 1.01. The molecule has 0 bridgehead atoms. The van der Waals surface area contributed by atoms with Crippen LogP contribution in [0.1, 0.15) is 18.4 Å². The second kappa shape index (κ2) is 8.25. The van der Waals surface area contributed by atoms with Crippen LogP contribution < -0.4 is 5.32 Å². The van der Waals surface area contributed by atoms with Crippen LogP contribution in [0.5, 0.6) is 0 Å². The number of carbonyl (C=O) groups excluding carboxylic acids is 1. The summed E-state index contributed by atoms with van der Waals surface area (Å²) in [5.41, 5.74) is 2.11. The van der Waals surface area contributed by atoms with Gasteiger partial charge < -0.3 is 5.32 Å². The molecule has 0 saturated carbocycles. The molecule has 0 aliphatic rings. The fraction of sp³-hybridized carbons (Fsp3) is 0.235. The summed E-state index contributed by atoms with van der Waals surface area (Å²) in [6.45, 7) is 2.08. The zero-order chi connectivity index (χ0) is 15.1. The molecule has 2 nitrogen and oxygen atoms in total. The average molecular weight is 364 g/mol. The molecule has 0 atom stereocenters. The molecule has 2 rings (SSSR count). The zero-order valence-electron chi connectivity index (χ0n) is 11.9. The van der Waals surface area contributed by atoms with Crippen LogP contribution in [0.4, 0.5) is 5.69 Å². The maximum atomic E-state index is 11.8. The molecule has 21 heavy (non-hydrogen) atoms. The maximum absolute atomic E-state index is 11.8. The number of nitrogens with one attached hydrogen (secondary N) is 1. The average Bonchev–Trinajstić information content (AvgIpc) is 2.48. The fourth-order valence-corrected chi connectivity index (χ4v) is 2.93. The number of thioether (sulfide) groups is 1. The molecule has 0 aromatic heterocycles. The van der Waals surface area contributed by atoms with Crippen LogP contribution in [0.3, 0.4) is 0 Å². The molecule has 0 spiro atoms. The Morgan fingerprint density at radius 1 is 1.10 bits per heavy atom. The first kappa shape index (κ1) is 16.1. The van der Waals surface area contributed by atoms with Gasteiger partial charge in [-0.25, -0.2) is 0 Å². The number of aryl methyl sites for hydroxylation is 1. The van der Waals surface area contributed by atoms with E-state index < -0.39 is 0 Å². The Balaban J connectivity index is 1.67. The van der Waals surface area contributed by atoms with Crippen molar-refractivity contribution >= 4 is 39.3 Å². The zero-order valence-corrected chi connectivity index (χ0v) is 14.3. The lowest BCUT2D eigenvalue weighted by Gasteiger charge is -2.05. The van der Waals surface area contributed by atoms with E-state index in [4.69, 9.17) is 0 Å². The van der Waals surface area contributed by atoms with Crippen molar-refractivity contribution in [2.24, 2.45) is 0 Å². The summed E-state index contributed by atoms with van der Waals surface area (Å²) in [4.78, 5) is 13.1. The Labute approximate surface area is 138 Å². The van der Waals surface area contributed by atoms with Crippen LogP contribution in [0.25, 0.3) is 0 Å². The van der Waals surface area contributed by atoms with Crippen LogP contribution in [-0.4, -0.2) is 11.7 Å². The Kier molecular flexibility index (Phi) is 6.33. The SMILES string of the molecule is Cc1ccc(SCCCC(=O)Nc2ccc(Br)cc2)cc1. The molecule has 4 heteroatoms. The van der Waals surface area contributed by atoms with Crippen molar-refractivity contribution < 1.29 is 4.79 Å². The molecule has 110 valence electrons. The third-order valence-electron chi connectivity index (χ3n) is 2.97. The molecule has 2 aromatic rings. The third kappa shape index (κ3) is 5.94. The molecule has 0 saturated heterocycles. The van der Waals surface area contributed by atoms with Gasteiger partial charge in [-0.05, 0) is 55.5 Å². The van der Waals surface area contributed by atoms with E-state index in [0.717, 1.165) is 22.3 Å². The molecular weight excluding hydrogens is 346 g/mol. The highest BCUT2D eigenvalue weighted by Gasteiger charge is 2.02. The van der Waals surface area contributed by atoms with E-state index in [0.29, 0.717) is 6.42 Å². The van der Waals surface area contributed by atoms with Gasteiger partial charge in [-0.3, -0.25) is 4.79 Å². The number of carbonyl (C=O) groups is 1. The van der Waals surface area contributed by atoms with Crippen LogP contribution in [0, 0.1) is 6.92 Å². The maximum Gasteiger partial charge on any atom is 0.224 e. The second-order valence-electron chi connectivity index (χ2n) is 4.82. The number of benzene rings is 2. The smallest absolute Gasteiger partial charge is 0.224 e. The Morgan fingerprint density at radius 3 is 2.43 bits per heavy atom. The van der Waals surface area contributed by atoms with Crippen molar-refractivity contribution in [1.82, 2.24) is 0 Å². The van der Waals surface area contributed by atoms with E-state index in [1.54, 1.807) is 11.8 Å². The van der Waals surface area contributed by atoms with Crippen LogP contribution in [-0.2, 0) is 4.79 Å². The quantitative estimate of drug-likeness (QED) is 0.559. The van der Waals surface area contributed by atoms with E-state index >= 15 is 0 Å². The monoisotopic (exact) mass is 363 g/mol. The minimum atomic E-state index is 0.0711. The minimum absolute atomic E-state index is 0.0711. The number of rotatable bonds is 6. The Hall–Kier alpha value is -1.26. The number of hydrogen-bond acceptors (Lipinski definition) is 2. The van der Waals surface area contributed by atoms with Gasteiger partial charge in [-0.2, -0.15) is 0 Å². The van der Waals surface area contributed by atoms with Gasteiger partial charge in [0.1, 0.15) is 0 Å². The molecule has 0 aliphatic carbocycles. The van der Waals surface area contributed by atoms with E-state index in [2.05, 4.69) is 52.4 Å². The highest BCUT2D eigenvalue weighted by atomic mass is 79.9. The first-order valence-electron chi connectivity index (χ1n) is 6.88. The predicted molar refractivity (Wildman–Crippen MR) is 93.9 cm³/mol. The summed E-state index contributed by atoms with van der Waals surface area (Å²) in [6.07, 6.45) is 1.43. The van der Waals surface area contributed by atoms with Gasteiger partial charge in [0.25, 0.3) is 0 Å². The normalized spacial score (nSPS) is 10.4. The summed E-state index contributed by atoms with van der Waals surface area (Å²) >= 11 is 5.17. The molecule has 1 amide bonds. The molecule has 0 heterocycles. The summed E-state index contributed by atoms with van der Waals surface area (Å²) in [7, 11) is 0. The van der Waals surface area contributed by atoms with Gasteiger partial charge in [0, 0.05) is 21.5 Å². The number of amides is 1. The van der Waals surface area contributed by atoms with E-state index in [9.17, 15) is 4.79 Å². The van der Waals surface area contributed by atoms with Crippen molar-refractivity contribution in [3.8, 4) is 0 Å². The highest BCUT2D eigenvalue weighted by molar-refractivity contribution is 9.10. The lowest BCUT2D eigenvalue weighted by atomic mass is 10.2. The van der Waals surface area contributed by atoms with Crippen LogP contribution >= 0.6 is 27.7 Å². The van der Waals surface area contributed by atoms with Gasteiger partial charge >= 0.3 is 0 Å². The molecule has 0 radical (unpaired) electrons. The van der Waals surface area contributed by atoms with E-state index in [-0.39, 0.29) is 5.91 Å². The number of anilines is 1. The first-order chi connectivity index (χ1) is 10.1. The van der Waals surface area contributed by atoms with Crippen molar-refractivity contribution in [3.05, 3.63) is 58.6 Å². The van der Waals surface area contributed by atoms with Gasteiger partial charge in [0.05, 0.1) is 0 Å². The molecule has 2 aromatic carbocycles. The molecule has 0 fully saturated rings. The lowest BCUT2D eigenvalue weighted by Crippen LogP contribution is -2.11. The van der Waals surface area contributed by atoms with Crippen molar-refractivity contribution in [1.29, 1.82) is 0 Å². The van der Waals surface area contributed by atoms with Gasteiger partial charge in [0.2, 0.25) is 5.91 Å². The molecule has 1 N–H and O–H groups in total. The van der Waals surface area contributed by atoms with Crippen LogP contribution in [0.15, 0.2) is 57.9 Å². The lowest BCUT2D eigenvalue weighted by molar-refractivity contribution is -0.116. The largest absolute Gasteiger partial charge is 0.326 e. The van der Waals surface area contributed by atoms with Crippen molar-refractivity contribution in [2.45, 2.75) is 24.7 Å². The molecule has 0 unspecified atom stereocenters. The Morgan fingerprint density at radius 2 is 1.76 bits per heavy atom. The van der Waals surface area contributed by atoms with Gasteiger partial charge in [-0.15, -0.1) is 11.8 Å². The van der Waals surface area contributed by atoms with E-state index in [1.807, 2.05) is 24.3 Å². The van der Waals surface area contributed by atoms with Gasteiger partial charge in [-0.1, -0.05) is 33.6 Å². The third-order valence-corrected chi connectivity index (χ3v) is 4.59. The minimum Gasteiger partial charge on any atom is -0.326 e. The van der Waals surface area contributed by atoms with E-state index in [1.165, 1.54) is 10.5 Å². The summed E-state index contributed by atoms with van der Waals surface area (Å²) in [5, 5.41) is 2.91. The van der Waals surface area contributed by atoms with Crippen LogP contribution in [0.2, 0.25) is 0 Å². The standard InChI is InChI=1S/C17H18BrNOS/c1-13-4-10-16(11-5-13)21-12-2-3-17(20)19-15-8-6-14(18)7-9-15/h4-11H,2-3,12H2,1H3,(H,19,20). The Bertz CT molecular complexity index is 581. The highest BCUT2D eigenvalue weighted by Crippen LogP contribution is 2.20. The van der Waals surface area contributed by atoms with Crippen molar-refractivity contribution in [3.63, 3.8) is 0 Å². The fourth-order valence-electron chi connectivity index (χ4n) is 1.81. The summed E-state index contributed by atoms with van der Waals surface area (Å²) in [6, 6.07) is 16.1. The summed E-state index contributed by atoms with van der Waals surface area (Å²) in [5.74, 6) is 1.03. The second-order valence-corrected chi connectivity index (χ2v) is 6.90. The molecular formula is C17H18BrNOS. The van der Waals surface area contributed by atoms with Gasteiger partial charge in [0.15, 0.2) is 0 Å². The number of halogens is 1. The first-order valence-corrected chi connectivity index (χ1v) is 8.66. The predicted octanol–water partition coefficient (Wildman–Crippen LogP) is 5.27. The van der Waals surface area contributed by atoms with Crippen molar-refractivity contribution in [2.75, 3.05) is 11.1 Å². The number of hydrogen-bond donors (Lipinski definition) is 1. The molecule has 0 aliphatic heterocycles.